The number of nitrogens with zero attached hydrogens (tertiary/aromatic N) is 1. The maximum atomic E-state index is 13.0. The minimum absolute atomic E-state index is 0.0259. The standard InChI is InChI=1S/C22H30N2O5/c1-22(2,3)29-21(26)23-13-16-7-5-6-10-24(16)20(25)11-15-14-28-19-12-17(27-4)8-9-18(15)19/h8-9,12,14,16H,5-7,10-11,13H2,1-4H3,(H,23,26). The van der Waals surface area contributed by atoms with E-state index in [9.17, 15) is 9.59 Å². The number of hydrogen-bond donors (Lipinski definition) is 1. The molecule has 0 aliphatic carbocycles. The van der Waals surface area contributed by atoms with Crippen molar-refractivity contribution in [2.75, 3.05) is 20.2 Å². The summed E-state index contributed by atoms with van der Waals surface area (Å²) in [6.07, 6.45) is 4.33. The van der Waals surface area contributed by atoms with Crippen molar-refractivity contribution in [3.05, 3.63) is 30.0 Å². The quantitative estimate of drug-likeness (QED) is 0.821. The number of carbonyl (C=O) groups is 2. The molecule has 7 heteroatoms. The Bertz CT molecular complexity index is 868. The summed E-state index contributed by atoms with van der Waals surface area (Å²) < 4.78 is 16.1. The van der Waals surface area contributed by atoms with Gasteiger partial charge in [0.15, 0.2) is 0 Å². The van der Waals surface area contributed by atoms with E-state index < -0.39 is 11.7 Å². The number of fused-ring (bicyclic) bond motifs is 1. The number of rotatable bonds is 5. The summed E-state index contributed by atoms with van der Waals surface area (Å²) in [4.78, 5) is 26.9. The molecule has 1 atom stereocenters. The zero-order valence-electron chi connectivity index (χ0n) is 17.6. The van der Waals surface area contributed by atoms with Crippen molar-refractivity contribution < 1.29 is 23.5 Å². The number of benzene rings is 1. The number of amides is 2. The molecule has 1 unspecified atom stereocenters. The normalized spacial score (nSPS) is 17.2. The molecule has 1 aliphatic heterocycles. The molecule has 1 aromatic carbocycles. The third kappa shape index (κ3) is 5.43. The lowest BCUT2D eigenvalue weighted by molar-refractivity contribution is -0.134. The molecule has 0 saturated carbocycles. The Kier molecular flexibility index (Phi) is 6.35. The van der Waals surface area contributed by atoms with Crippen molar-refractivity contribution in [3.8, 4) is 5.75 Å². The molecule has 1 aromatic heterocycles. The summed E-state index contributed by atoms with van der Waals surface area (Å²) in [5.74, 6) is 0.758. The highest BCUT2D eigenvalue weighted by Gasteiger charge is 2.28. The van der Waals surface area contributed by atoms with E-state index in [0.29, 0.717) is 24.4 Å². The highest BCUT2D eigenvalue weighted by atomic mass is 16.6. The van der Waals surface area contributed by atoms with E-state index in [0.717, 1.165) is 30.2 Å². The predicted octanol–water partition coefficient (Wildman–Crippen LogP) is 3.89. The number of carbonyl (C=O) groups excluding carboxylic acids is 2. The first-order valence-electron chi connectivity index (χ1n) is 10.1. The lowest BCUT2D eigenvalue weighted by atomic mass is 10.0. The van der Waals surface area contributed by atoms with Gasteiger partial charge < -0.3 is 24.1 Å². The number of piperidine rings is 1. The molecule has 0 bridgehead atoms. The first kappa shape index (κ1) is 21.0. The molecule has 29 heavy (non-hydrogen) atoms. The van der Waals surface area contributed by atoms with Crippen LogP contribution in [0.15, 0.2) is 28.9 Å². The van der Waals surface area contributed by atoms with Gasteiger partial charge in [0.1, 0.15) is 16.9 Å². The fourth-order valence-corrected chi connectivity index (χ4v) is 3.65. The molecule has 2 amide bonds. The number of furan rings is 1. The first-order valence-corrected chi connectivity index (χ1v) is 10.1. The van der Waals surface area contributed by atoms with Gasteiger partial charge in [-0.2, -0.15) is 0 Å². The van der Waals surface area contributed by atoms with E-state index in [4.69, 9.17) is 13.9 Å². The third-order valence-corrected chi connectivity index (χ3v) is 5.03. The SMILES string of the molecule is COc1ccc2c(CC(=O)N3CCCCC3CNC(=O)OC(C)(C)C)coc2c1. The number of nitrogens with one attached hydrogen (secondary N) is 1. The van der Waals surface area contributed by atoms with E-state index in [1.165, 1.54) is 0 Å². The average Bonchev–Trinajstić information content (AvgIpc) is 3.07. The summed E-state index contributed by atoms with van der Waals surface area (Å²) in [5.41, 5.74) is 1.02. The van der Waals surface area contributed by atoms with E-state index in [1.807, 2.05) is 43.9 Å². The maximum absolute atomic E-state index is 13.0. The Labute approximate surface area is 171 Å². The zero-order valence-corrected chi connectivity index (χ0v) is 17.6. The molecule has 1 aliphatic rings. The number of methoxy groups -OCH3 is 1. The molecule has 158 valence electrons. The second-order valence-electron chi connectivity index (χ2n) is 8.42. The van der Waals surface area contributed by atoms with Crippen molar-refractivity contribution in [2.45, 2.75) is 58.1 Å². The molecule has 3 rings (SSSR count). The minimum Gasteiger partial charge on any atom is -0.497 e. The molecule has 0 radical (unpaired) electrons. The second kappa shape index (κ2) is 8.76. The summed E-state index contributed by atoms with van der Waals surface area (Å²) in [7, 11) is 1.61. The van der Waals surface area contributed by atoms with E-state index >= 15 is 0 Å². The highest BCUT2D eigenvalue weighted by Crippen LogP contribution is 2.27. The summed E-state index contributed by atoms with van der Waals surface area (Å²) in [6.45, 7) is 6.57. The Hall–Kier alpha value is -2.70. The molecular weight excluding hydrogens is 372 g/mol. The van der Waals surface area contributed by atoms with Gasteiger partial charge in [-0.05, 0) is 52.2 Å². The topological polar surface area (TPSA) is 81.0 Å². The van der Waals surface area contributed by atoms with Gasteiger partial charge in [-0.1, -0.05) is 0 Å². The van der Waals surface area contributed by atoms with Gasteiger partial charge in [0.05, 0.1) is 19.8 Å². The Balaban J connectivity index is 1.64. The summed E-state index contributed by atoms with van der Waals surface area (Å²) in [5, 5.41) is 3.72. The largest absolute Gasteiger partial charge is 0.497 e. The predicted molar refractivity (Wildman–Crippen MR) is 110 cm³/mol. The smallest absolute Gasteiger partial charge is 0.407 e. The van der Waals surface area contributed by atoms with Gasteiger partial charge >= 0.3 is 6.09 Å². The molecule has 7 nitrogen and oxygen atoms in total. The number of likely N-dealkylation sites (tertiary alicyclic amines) is 1. The molecular formula is C22H30N2O5. The van der Waals surface area contributed by atoms with E-state index in [1.54, 1.807) is 13.4 Å². The van der Waals surface area contributed by atoms with Crippen LogP contribution in [0.3, 0.4) is 0 Å². The van der Waals surface area contributed by atoms with E-state index in [2.05, 4.69) is 5.32 Å². The van der Waals surface area contributed by atoms with Gasteiger partial charge in [0, 0.05) is 36.1 Å². The second-order valence-corrected chi connectivity index (χ2v) is 8.42. The van der Waals surface area contributed by atoms with Crippen LogP contribution in [0, 0.1) is 0 Å². The Morgan fingerprint density at radius 2 is 2.07 bits per heavy atom. The van der Waals surface area contributed by atoms with Crippen molar-refractivity contribution in [1.82, 2.24) is 10.2 Å². The lowest BCUT2D eigenvalue weighted by Crippen LogP contribution is -2.50. The van der Waals surface area contributed by atoms with Gasteiger partial charge in [0.25, 0.3) is 0 Å². The highest BCUT2D eigenvalue weighted by molar-refractivity contribution is 5.88. The van der Waals surface area contributed by atoms with Crippen LogP contribution < -0.4 is 10.1 Å². The van der Waals surface area contributed by atoms with Crippen molar-refractivity contribution >= 4 is 23.0 Å². The van der Waals surface area contributed by atoms with Crippen molar-refractivity contribution in [3.63, 3.8) is 0 Å². The molecule has 1 N–H and O–H groups in total. The number of alkyl carbamates (subject to hydrolysis) is 1. The first-order chi connectivity index (χ1) is 13.8. The van der Waals surface area contributed by atoms with Crippen LogP contribution in [-0.4, -0.2) is 48.7 Å². The molecule has 2 aromatic rings. The Morgan fingerprint density at radius 1 is 1.28 bits per heavy atom. The van der Waals surface area contributed by atoms with Crippen LogP contribution >= 0.6 is 0 Å². The van der Waals surface area contributed by atoms with Crippen LogP contribution in [0.1, 0.15) is 45.6 Å². The van der Waals surface area contributed by atoms with Crippen LogP contribution in [0.5, 0.6) is 5.75 Å². The lowest BCUT2D eigenvalue weighted by Gasteiger charge is -2.36. The third-order valence-electron chi connectivity index (χ3n) is 5.03. The number of ether oxygens (including phenoxy) is 2. The van der Waals surface area contributed by atoms with Gasteiger partial charge in [-0.15, -0.1) is 0 Å². The molecule has 2 heterocycles. The molecule has 1 fully saturated rings. The summed E-state index contributed by atoms with van der Waals surface area (Å²) >= 11 is 0. The van der Waals surface area contributed by atoms with E-state index in [-0.39, 0.29) is 18.4 Å². The van der Waals surface area contributed by atoms with Crippen LogP contribution in [-0.2, 0) is 16.0 Å². The monoisotopic (exact) mass is 402 g/mol. The van der Waals surface area contributed by atoms with Crippen LogP contribution in [0.2, 0.25) is 0 Å². The maximum Gasteiger partial charge on any atom is 0.407 e. The molecule has 0 spiro atoms. The minimum atomic E-state index is -0.544. The van der Waals surface area contributed by atoms with Crippen LogP contribution in [0.4, 0.5) is 4.79 Å². The molecule has 1 saturated heterocycles. The van der Waals surface area contributed by atoms with Gasteiger partial charge in [-0.3, -0.25) is 4.79 Å². The van der Waals surface area contributed by atoms with Gasteiger partial charge in [0.2, 0.25) is 5.91 Å². The zero-order chi connectivity index (χ0) is 21.0. The van der Waals surface area contributed by atoms with Gasteiger partial charge in [-0.25, -0.2) is 4.79 Å². The van der Waals surface area contributed by atoms with Crippen LogP contribution in [0.25, 0.3) is 11.0 Å². The van der Waals surface area contributed by atoms with Crippen molar-refractivity contribution in [2.24, 2.45) is 0 Å². The Morgan fingerprint density at radius 3 is 2.79 bits per heavy atom. The number of hydrogen-bond acceptors (Lipinski definition) is 5. The fourth-order valence-electron chi connectivity index (χ4n) is 3.65. The summed E-state index contributed by atoms with van der Waals surface area (Å²) in [6, 6.07) is 5.57. The fraction of sp³-hybridized carbons (Fsp3) is 0.545. The average molecular weight is 402 g/mol. The van der Waals surface area contributed by atoms with Crippen molar-refractivity contribution in [1.29, 1.82) is 0 Å².